The minimum absolute atomic E-state index is 0.176. The van der Waals surface area contributed by atoms with Crippen molar-refractivity contribution >= 4 is 11.8 Å². The van der Waals surface area contributed by atoms with Crippen LogP contribution >= 0.6 is 0 Å². The molecule has 0 saturated heterocycles. The molecule has 0 aliphatic heterocycles. The first-order valence-electron chi connectivity index (χ1n) is 4.25. The second-order valence-electron chi connectivity index (χ2n) is 2.93. The molecule has 0 aromatic carbocycles. The van der Waals surface area contributed by atoms with E-state index in [9.17, 15) is 9.59 Å². The van der Waals surface area contributed by atoms with Crippen LogP contribution in [0.25, 0.3) is 0 Å². The maximum atomic E-state index is 11.2. The number of primary amides is 1. The van der Waals surface area contributed by atoms with Crippen LogP contribution in [0.5, 0.6) is 0 Å². The zero-order valence-electron chi connectivity index (χ0n) is 8.33. The highest BCUT2D eigenvalue weighted by Crippen LogP contribution is 1.86. The standard InChI is InChI=1S/C9H15N3O2/c1-4-5-11-9(14)7(3)12-6(2)8(10)13/h1,6-7,12H,5H2,2-3H3,(H2,10,13)(H,11,14). The molecular weight excluding hydrogens is 182 g/mol. The Balaban J connectivity index is 3.96. The summed E-state index contributed by atoms with van der Waals surface area (Å²) in [6, 6.07) is -1.03. The smallest absolute Gasteiger partial charge is 0.237 e. The molecule has 4 N–H and O–H groups in total. The van der Waals surface area contributed by atoms with Crippen molar-refractivity contribution in [1.82, 2.24) is 10.6 Å². The van der Waals surface area contributed by atoms with Gasteiger partial charge in [0.1, 0.15) is 0 Å². The second kappa shape index (κ2) is 6.00. The Morgan fingerprint density at radius 3 is 2.43 bits per heavy atom. The summed E-state index contributed by atoms with van der Waals surface area (Å²) in [5.74, 6) is 1.53. The van der Waals surface area contributed by atoms with Gasteiger partial charge in [-0.05, 0) is 13.8 Å². The normalized spacial score (nSPS) is 13.8. The van der Waals surface area contributed by atoms with Crippen molar-refractivity contribution in [1.29, 1.82) is 0 Å². The van der Waals surface area contributed by atoms with E-state index in [4.69, 9.17) is 12.2 Å². The van der Waals surface area contributed by atoms with E-state index >= 15 is 0 Å². The number of hydrogen-bond donors (Lipinski definition) is 3. The number of nitrogens with two attached hydrogens (primary N) is 1. The lowest BCUT2D eigenvalue weighted by atomic mass is 10.2. The third-order valence-electron chi connectivity index (χ3n) is 1.68. The summed E-state index contributed by atoms with van der Waals surface area (Å²) in [6.07, 6.45) is 4.97. The van der Waals surface area contributed by atoms with Crippen LogP contribution in [0, 0.1) is 12.3 Å². The minimum Gasteiger partial charge on any atom is -0.368 e. The maximum Gasteiger partial charge on any atom is 0.237 e. The molecule has 0 spiro atoms. The summed E-state index contributed by atoms with van der Waals surface area (Å²) in [7, 11) is 0. The van der Waals surface area contributed by atoms with Crippen molar-refractivity contribution in [2.45, 2.75) is 25.9 Å². The zero-order chi connectivity index (χ0) is 11.1. The molecular formula is C9H15N3O2. The minimum atomic E-state index is -0.540. The summed E-state index contributed by atoms with van der Waals surface area (Å²) in [4.78, 5) is 21.9. The SMILES string of the molecule is C#CCNC(=O)C(C)NC(C)C(N)=O. The monoisotopic (exact) mass is 197 g/mol. The van der Waals surface area contributed by atoms with Gasteiger partial charge in [0, 0.05) is 0 Å². The number of terminal acetylenes is 1. The van der Waals surface area contributed by atoms with Crippen molar-refractivity contribution in [2.75, 3.05) is 6.54 Å². The lowest BCUT2D eigenvalue weighted by Crippen LogP contribution is -2.49. The van der Waals surface area contributed by atoms with Crippen LogP contribution in [0.15, 0.2) is 0 Å². The highest BCUT2D eigenvalue weighted by molar-refractivity contribution is 5.84. The highest BCUT2D eigenvalue weighted by Gasteiger charge is 2.16. The molecule has 0 fully saturated rings. The van der Waals surface area contributed by atoms with Gasteiger partial charge in [-0.15, -0.1) is 6.42 Å². The Bertz CT molecular complexity index is 257. The molecule has 0 aliphatic rings. The first-order valence-corrected chi connectivity index (χ1v) is 4.25. The Kier molecular flexibility index (Phi) is 5.34. The Hall–Kier alpha value is -1.54. The largest absolute Gasteiger partial charge is 0.368 e. The van der Waals surface area contributed by atoms with Gasteiger partial charge in [0.15, 0.2) is 0 Å². The molecule has 0 rings (SSSR count). The van der Waals surface area contributed by atoms with Crippen LogP contribution in [-0.2, 0) is 9.59 Å². The van der Waals surface area contributed by atoms with Gasteiger partial charge in [-0.25, -0.2) is 0 Å². The Morgan fingerprint density at radius 2 is 2.00 bits per heavy atom. The number of carbonyl (C=O) groups is 2. The number of hydrogen-bond acceptors (Lipinski definition) is 3. The zero-order valence-corrected chi connectivity index (χ0v) is 8.33. The van der Waals surface area contributed by atoms with E-state index in [1.165, 1.54) is 0 Å². The molecule has 2 atom stereocenters. The van der Waals surface area contributed by atoms with E-state index < -0.39 is 18.0 Å². The van der Waals surface area contributed by atoms with E-state index in [-0.39, 0.29) is 12.5 Å². The average Bonchev–Trinajstić information content (AvgIpc) is 2.13. The van der Waals surface area contributed by atoms with Crippen LogP contribution < -0.4 is 16.4 Å². The summed E-state index contributed by atoms with van der Waals surface area (Å²) >= 11 is 0. The van der Waals surface area contributed by atoms with Crippen LogP contribution in [0.2, 0.25) is 0 Å². The molecule has 0 saturated carbocycles. The topological polar surface area (TPSA) is 84.2 Å². The molecule has 0 aliphatic carbocycles. The molecule has 5 heteroatoms. The van der Waals surface area contributed by atoms with Crippen LogP contribution in [-0.4, -0.2) is 30.4 Å². The molecule has 0 aromatic heterocycles. The van der Waals surface area contributed by atoms with Gasteiger partial charge in [-0.1, -0.05) is 5.92 Å². The maximum absolute atomic E-state index is 11.2. The lowest BCUT2D eigenvalue weighted by molar-refractivity contribution is -0.123. The molecule has 0 radical (unpaired) electrons. The third kappa shape index (κ3) is 4.48. The summed E-state index contributed by atoms with van der Waals surface area (Å²) < 4.78 is 0. The average molecular weight is 197 g/mol. The van der Waals surface area contributed by atoms with Crippen LogP contribution in [0.4, 0.5) is 0 Å². The van der Waals surface area contributed by atoms with E-state index in [0.29, 0.717) is 0 Å². The molecule has 14 heavy (non-hydrogen) atoms. The Morgan fingerprint density at radius 1 is 1.43 bits per heavy atom. The van der Waals surface area contributed by atoms with Crippen molar-refractivity contribution in [2.24, 2.45) is 5.73 Å². The van der Waals surface area contributed by atoms with Crippen molar-refractivity contribution in [3.63, 3.8) is 0 Å². The third-order valence-corrected chi connectivity index (χ3v) is 1.68. The van der Waals surface area contributed by atoms with Crippen molar-refractivity contribution in [3.8, 4) is 12.3 Å². The fourth-order valence-electron chi connectivity index (χ4n) is 0.824. The molecule has 0 heterocycles. The van der Waals surface area contributed by atoms with Gasteiger partial charge < -0.3 is 11.1 Å². The fraction of sp³-hybridized carbons (Fsp3) is 0.556. The quantitative estimate of drug-likeness (QED) is 0.473. The number of nitrogens with one attached hydrogen (secondary N) is 2. The predicted octanol–water partition coefficient (Wildman–Crippen LogP) is -1.41. The van der Waals surface area contributed by atoms with Gasteiger partial charge in [-0.3, -0.25) is 14.9 Å². The van der Waals surface area contributed by atoms with Crippen molar-refractivity contribution in [3.05, 3.63) is 0 Å². The van der Waals surface area contributed by atoms with Gasteiger partial charge in [0.2, 0.25) is 11.8 Å². The van der Waals surface area contributed by atoms with Gasteiger partial charge in [0.25, 0.3) is 0 Å². The summed E-state index contributed by atoms with van der Waals surface area (Å²) in [5, 5.41) is 5.22. The van der Waals surface area contributed by atoms with E-state index in [1.807, 2.05) is 0 Å². The highest BCUT2D eigenvalue weighted by atomic mass is 16.2. The lowest BCUT2D eigenvalue weighted by Gasteiger charge is -2.16. The molecule has 78 valence electrons. The van der Waals surface area contributed by atoms with Gasteiger partial charge in [0.05, 0.1) is 18.6 Å². The van der Waals surface area contributed by atoms with Crippen LogP contribution in [0.3, 0.4) is 0 Å². The fourth-order valence-corrected chi connectivity index (χ4v) is 0.824. The summed E-state index contributed by atoms with van der Waals surface area (Å²) in [6.45, 7) is 3.40. The van der Waals surface area contributed by atoms with Crippen molar-refractivity contribution < 1.29 is 9.59 Å². The second-order valence-corrected chi connectivity index (χ2v) is 2.93. The Labute approximate surface area is 83.4 Å². The summed E-state index contributed by atoms with van der Waals surface area (Å²) in [5.41, 5.74) is 5.02. The number of carbonyl (C=O) groups excluding carboxylic acids is 2. The van der Waals surface area contributed by atoms with Gasteiger partial charge in [-0.2, -0.15) is 0 Å². The molecule has 2 amide bonds. The van der Waals surface area contributed by atoms with Gasteiger partial charge >= 0.3 is 0 Å². The molecule has 2 unspecified atom stereocenters. The van der Waals surface area contributed by atoms with Crippen LogP contribution in [0.1, 0.15) is 13.8 Å². The van der Waals surface area contributed by atoms with E-state index in [1.54, 1.807) is 13.8 Å². The van der Waals surface area contributed by atoms with E-state index in [0.717, 1.165) is 0 Å². The molecule has 0 aromatic rings. The molecule has 5 nitrogen and oxygen atoms in total. The first-order chi connectivity index (χ1) is 6.49. The predicted molar refractivity (Wildman–Crippen MR) is 53.1 cm³/mol. The first kappa shape index (κ1) is 12.5. The van der Waals surface area contributed by atoms with E-state index in [2.05, 4.69) is 16.6 Å². The number of rotatable bonds is 5. The number of amides is 2. The molecule has 0 bridgehead atoms.